The highest BCUT2D eigenvalue weighted by Gasteiger charge is 2.23. The van der Waals surface area contributed by atoms with Crippen molar-refractivity contribution in [3.63, 3.8) is 0 Å². The average Bonchev–Trinajstić information content (AvgIpc) is 2.52. The molecular weight excluding hydrogens is 346 g/mol. The maximum absolute atomic E-state index is 12.9. The van der Waals surface area contributed by atoms with Crippen LogP contribution < -0.4 is 0 Å². The van der Waals surface area contributed by atoms with Crippen LogP contribution in [0, 0.1) is 0 Å². The molecule has 4 nitrogen and oxygen atoms in total. The first kappa shape index (κ1) is 18.5. The van der Waals surface area contributed by atoms with Crippen molar-refractivity contribution in [2.45, 2.75) is 31.3 Å². The van der Waals surface area contributed by atoms with E-state index < -0.39 is 9.84 Å². The summed E-state index contributed by atoms with van der Waals surface area (Å²) in [6.45, 7) is 4.25. The van der Waals surface area contributed by atoms with Gasteiger partial charge in [0, 0.05) is 18.8 Å². The van der Waals surface area contributed by atoms with Crippen molar-refractivity contribution < 1.29 is 13.2 Å². The molecule has 24 heavy (non-hydrogen) atoms. The molecule has 0 unspecified atom stereocenters. The van der Waals surface area contributed by atoms with E-state index in [0.717, 1.165) is 11.8 Å². The van der Waals surface area contributed by atoms with Crippen LogP contribution in [0.15, 0.2) is 53.4 Å². The Morgan fingerprint density at radius 2 is 1.75 bits per heavy atom. The van der Waals surface area contributed by atoms with Crippen molar-refractivity contribution in [1.82, 2.24) is 4.90 Å². The average molecular weight is 366 g/mol. The van der Waals surface area contributed by atoms with Crippen LogP contribution in [-0.4, -0.2) is 31.5 Å². The standard InChI is InChI=1S/C18H20ClNO3S/c1-13(2)20(12-14-7-5-4-6-8-14)18(21)16-11-15(24(3,22)23)9-10-17(16)19/h4-11,13H,12H2,1-3H3. The molecule has 128 valence electrons. The molecule has 0 saturated carbocycles. The Morgan fingerprint density at radius 1 is 1.12 bits per heavy atom. The van der Waals surface area contributed by atoms with Crippen molar-refractivity contribution in [3.05, 3.63) is 64.7 Å². The highest BCUT2D eigenvalue weighted by Crippen LogP contribution is 2.23. The fourth-order valence-corrected chi connectivity index (χ4v) is 3.17. The largest absolute Gasteiger partial charge is 0.332 e. The number of nitrogens with zero attached hydrogens (tertiary/aromatic N) is 1. The van der Waals surface area contributed by atoms with Gasteiger partial charge in [-0.05, 0) is 37.6 Å². The number of benzene rings is 2. The Bertz CT molecular complexity index is 833. The van der Waals surface area contributed by atoms with Crippen LogP contribution in [0.5, 0.6) is 0 Å². The number of halogens is 1. The molecule has 2 rings (SSSR count). The van der Waals surface area contributed by atoms with Crippen LogP contribution >= 0.6 is 11.6 Å². The number of hydrogen-bond acceptors (Lipinski definition) is 3. The Hall–Kier alpha value is -1.85. The van der Waals surface area contributed by atoms with Crippen LogP contribution in [-0.2, 0) is 16.4 Å². The van der Waals surface area contributed by atoms with E-state index >= 15 is 0 Å². The molecule has 2 aromatic carbocycles. The molecule has 0 atom stereocenters. The van der Waals surface area contributed by atoms with Gasteiger partial charge in [-0.1, -0.05) is 41.9 Å². The second-order valence-electron chi connectivity index (χ2n) is 5.93. The summed E-state index contributed by atoms with van der Waals surface area (Å²) in [6.07, 6.45) is 1.11. The Labute approximate surface area is 148 Å². The first-order valence-electron chi connectivity index (χ1n) is 7.54. The molecule has 2 aromatic rings. The molecule has 0 aliphatic rings. The lowest BCUT2D eigenvalue weighted by atomic mass is 10.1. The van der Waals surface area contributed by atoms with Gasteiger partial charge in [0.25, 0.3) is 5.91 Å². The molecule has 0 spiro atoms. The van der Waals surface area contributed by atoms with Crippen LogP contribution in [0.3, 0.4) is 0 Å². The minimum atomic E-state index is -3.41. The fraction of sp³-hybridized carbons (Fsp3) is 0.278. The number of carbonyl (C=O) groups is 1. The quantitative estimate of drug-likeness (QED) is 0.809. The normalized spacial score (nSPS) is 11.5. The van der Waals surface area contributed by atoms with Gasteiger partial charge in [-0.3, -0.25) is 4.79 Å². The topological polar surface area (TPSA) is 54.5 Å². The van der Waals surface area contributed by atoms with Crippen molar-refractivity contribution >= 4 is 27.3 Å². The maximum Gasteiger partial charge on any atom is 0.255 e. The predicted molar refractivity (Wildman–Crippen MR) is 96.0 cm³/mol. The smallest absolute Gasteiger partial charge is 0.255 e. The number of rotatable bonds is 5. The molecule has 1 amide bonds. The van der Waals surface area contributed by atoms with Crippen molar-refractivity contribution in [1.29, 1.82) is 0 Å². The van der Waals surface area contributed by atoms with Gasteiger partial charge in [0.2, 0.25) is 0 Å². The summed E-state index contributed by atoms with van der Waals surface area (Å²) in [7, 11) is -3.41. The molecular formula is C18H20ClNO3S. The van der Waals surface area contributed by atoms with Crippen LogP contribution in [0.1, 0.15) is 29.8 Å². The van der Waals surface area contributed by atoms with Crippen LogP contribution in [0.2, 0.25) is 5.02 Å². The molecule has 0 aromatic heterocycles. The number of sulfone groups is 1. The van der Waals surface area contributed by atoms with Gasteiger partial charge in [0.1, 0.15) is 0 Å². The highest BCUT2D eigenvalue weighted by atomic mass is 35.5. The Balaban J connectivity index is 2.40. The second-order valence-corrected chi connectivity index (χ2v) is 8.35. The van der Waals surface area contributed by atoms with E-state index in [0.29, 0.717) is 6.54 Å². The monoisotopic (exact) mass is 365 g/mol. The first-order valence-corrected chi connectivity index (χ1v) is 9.81. The molecule has 0 bridgehead atoms. The summed E-state index contributed by atoms with van der Waals surface area (Å²) < 4.78 is 23.5. The predicted octanol–water partition coefficient (Wildman–Crippen LogP) is 3.79. The summed E-state index contributed by atoms with van der Waals surface area (Å²) in [5.74, 6) is -0.288. The van der Waals surface area contributed by atoms with Crippen molar-refractivity contribution in [3.8, 4) is 0 Å². The third-order valence-corrected chi connectivity index (χ3v) is 5.12. The molecule has 0 saturated heterocycles. The van der Waals surface area contributed by atoms with Gasteiger partial charge in [-0.15, -0.1) is 0 Å². The summed E-state index contributed by atoms with van der Waals surface area (Å²) in [5.41, 5.74) is 1.19. The number of carbonyl (C=O) groups excluding carboxylic acids is 1. The summed E-state index contributed by atoms with van der Waals surface area (Å²) in [4.78, 5) is 14.7. The van der Waals surface area contributed by atoms with Crippen molar-refractivity contribution in [2.24, 2.45) is 0 Å². The molecule has 0 N–H and O–H groups in total. The zero-order valence-electron chi connectivity index (χ0n) is 13.9. The lowest BCUT2D eigenvalue weighted by molar-refractivity contribution is 0.0690. The van der Waals surface area contributed by atoms with Gasteiger partial charge in [-0.2, -0.15) is 0 Å². The van der Waals surface area contributed by atoms with E-state index in [1.807, 2.05) is 44.2 Å². The van der Waals surface area contributed by atoms with E-state index in [2.05, 4.69) is 0 Å². The highest BCUT2D eigenvalue weighted by molar-refractivity contribution is 7.90. The SMILES string of the molecule is CC(C)N(Cc1ccccc1)C(=O)c1cc(S(C)(=O)=O)ccc1Cl. The third kappa shape index (κ3) is 4.36. The molecule has 0 aliphatic carbocycles. The van der Waals surface area contributed by atoms with Gasteiger partial charge in [0.05, 0.1) is 15.5 Å². The molecule has 0 aliphatic heterocycles. The molecule has 6 heteroatoms. The minimum absolute atomic E-state index is 0.0596. The van der Waals surface area contributed by atoms with E-state index in [1.165, 1.54) is 18.2 Å². The lowest BCUT2D eigenvalue weighted by Crippen LogP contribution is -2.36. The summed E-state index contributed by atoms with van der Waals surface area (Å²) >= 11 is 6.15. The maximum atomic E-state index is 12.9. The Kier molecular flexibility index (Phi) is 5.67. The number of hydrogen-bond donors (Lipinski definition) is 0. The lowest BCUT2D eigenvalue weighted by Gasteiger charge is -2.27. The van der Waals surface area contributed by atoms with Crippen LogP contribution in [0.25, 0.3) is 0 Å². The third-order valence-electron chi connectivity index (χ3n) is 3.68. The number of amides is 1. The summed E-state index contributed by atoms with van der Waals surface area (Å²) in [5, 5.41) is 0.242. The minimum Gasteiger partial charge on any atom is -0.332 e. The molecule has 0 fully saturated rings. The first-order chi connectivity index (χ1) is 11.2. The zero-order chi connectivity index (χ0) is 17.9. The zero-order valence-corrected chi connectivity index (χ0v) is 15.4. The summed E-state index contributed by atoms with van der Waals surface area (Å²) in [6, 6.07) is 13.8. The molecule has 0 radical (unpaired) electrons. The van der Waals surface area contributed by atoms with Gasteiger partial charge < -0.3 is 4.90 Å². The van der Waals surface area contributed by atoms with Crippen LogP contribution in [0.4, 0.5) is 0 Å². The second kappa shape index (κ2) is 7.36. The van der Waals surface area contributed by atoms with E-state index in [1.54, 1.807) is 4.90 Å². The van der Waals surface area contributed by atoms with Gasteiger partial charge in [0.15, 0.2) is 9.84 Å². The van der Waals surface area contributed by atoms with Gasteiger partial charge >= 0.3 is 0 Å². The van der Waals surface area contributed by atoms with Gasteiger partial charge in [-0.25, -0.2) is 8.42 Å². The van der Waals surface area contributed by atoms with Crippen molar-refractivity contribution in [2.75, 3.05) is 6.26 Å². The fourth-order valence-electron chi connectivity index (χ4n) is 2.32. The van der Waals surface area contributed by atoms with E-state index in [4.69, 9.17) is 11.6 Å². The van der Waals surface area contributed by atoms with E-state index in [-0.39, 0.29) is 27.4 Å². The Morgan fingerprint density at radius 3 is 2.29 bits per heavy atom. The molecule has 0 heterocycles. The van der Waals surface area contributed by atoms with E-state index in [9.17, 15) is 13.2 Å².